The Hall–Kier alpha value is -1.36. The molecule has 1 aromatic rings. The molecule has 1 aromatic carbocycles. The minimum Gasteiger partial charge on any atom is -0.306 e. The van der Waals surface area contributed by atoms with Gasteiger partial charge in [0.25, 0.3) is 5.91 Å². The first-order valence-electron chi connectivity index (χ1n) is 5.85. The fraction of sp³-hybridized carbons (Fsp3) is 0.385. The molecule has 1 aliphatic rings. The number of urea groups is 1. The van der Waals surface area contributed by atoms with Crippen molar-refractivity contribution in [3.63, 3.8) is 0 Å². The van der Waals surface area contributed by atoms with Crippen molar-refractivity contribution in [2.24, 2.45) is 0 Å². The summed E-state index contributed by atoms with van der Waals surface area (Å²) in [5, 5.41) is 2.38. The fourth-order valence-corrected chi connectivity index (χ4v) is 2.51. The molecule has 0 aliphatic carbocycles. The zero-order valence-electron chi connectivity index (χ0n) is 10.4. The van der Waals surface area contributed by atoms with Gasteiger partial charge >= 0.3 is 6.03 Å². The zero-order valence-corrected chi connectivity index (χ0v) is 12.0. The Morgan fingerprint density at radius 1 is 1.39 bits per heavy atom. The number of benzene rings is 1. The number of nitrogens with one attached hydrogen (secondary N) is 1. The molecule has 1 N–H and O–H groups in total. The molecule has 18 heavy (non-hydrogen) atoms. The summed E-state index contributed by atoms with van der Waals surface area (Å²) in [6.07, 6.45) is 0.596. The summed E-state index contributed by atoms with van der Waals surface area (Å²) >= 11 is 3.40. The van der Waals surface area contributed by atoms with Gasteiger partial charge in [-0.1, -0.05) is 35.0 Å². The number of hydrogen-bond donors (Lipinski definition) is 1. The van der Waals surface area contributed by atoms with Crippen LogP contribution in [0.5, 0.6) is 0 Å². The molecule has 1 fully saturated rings. The monoisotopic (exact) mass is 310 g/mol. The maximum absolute atomic E-state index is 11.8. The van der Waals surface area contributed by atoms with E-state index in [4.69, 9.17) is 0 Å². The summed E-state index contributed by atoms with van der Waals surface area (Å²) in [6, 6.07) is 7.42. The molecule has 1 saturated heterocycles. The molecule has 0 saturated carbocycles. The average molecular weight is 311 g/mol. The minimum atomic E-state index is -0.751. The summed E-state index contributed by atoms with van der Waals surface area (Å²) in [5.41, 5.74) is 0.244. The van der Waals surface area contributed by atoms with Gasteiger partial charge in [-0.3, -0.25) is 10.1 Å². The number of rotatable bonds is 3. The van der Waals surface area contributed by atoms with E-state index in [0.29, 0.717) is 13.0 Å². The van der Waals surface area contributed by atoms with E-state index in [1.807, 2.05) is 31.2 Å². The first-order valence-corrected chi connectivity index (χ1v) is 6.64. The second kappa shape index (κ2) is 4.72. The molecule has 1 unspecified atom stereocenters. The number of hydrogen-bond acceptors (Lipinski definition) is 2. The van der Waals surface area contributed by atoms with E-state index in [0.717, 1.165) is 10.0 Å². The van der Waals surface area contributed by atoms with E-state index in [2.05, 4.69) is 21.2 Å². The molecule has 96 valence electrons. The Bertz CT molecular complexity index is 504. The third kappa shape index (κ3) is 2.14. The quantitative estimate of drug-likeness (QED) is 0.873. The second-order valence-corrected chi connectivity index (χ2v) is 5.52. The van der Waals surface area contributed by atoms with Gasteiger partial charge in [-0.15, -0.1) is 0 Å². The lowest BCUT2D eigenvalue weighted by atomic mass is 9.97. The number of carbonyl (C=O) groups is 2. The van der Waals surface area contributed by atoms with Gasteiger partial charge in [-0.05, 0) is 31.0 Å². The minimum absolute atomic E-state index is 0.218. The number of imide groups is 1. The second-order valence-electron chi connectivity index (χ2n) is 4.60. The van der Waals surface area contributed by atoms with Gasteiger partial charge in [0, 0.05) is 11.0 Å². The zero-order chi connectivity index (χ0) is 13.3. The predicted molar refractivity (Wildman–Crippen MR) is 71.9 cm³/mol. The van der Waals surface area contributed by atoms with Gasteiger partial charge in [-0.25, -0.2) is 4.79 Å². The van der Waals surface area contributed by atoms with E-state index >= 15 is 0 Å². The highest BCUT2D eigenvalue weighted by Gasteiger charge is 2.47. The molecular formula is C13H15BrN2O2. The lowest BCUT2D eigenvalue weighted by molar-refractivity contribution is -0.126. The van der Waals surface area contributed by atoms with E-state index in [1.165, 1.54) is 0 Å². The molecule has 1 aliphatic heterocycles. The van der Waals surface area contributed by atoms with Crippen LogP contribution in [-0.2, 0) is 11.3 Å². The highest BCUT2D eigenvalue weighted by Crippen LogP contribution is 2.27. The molecule has 1 atom stereocenters. The number of amides is 3. The van der Waals surface area contributed by atoms with E-state index in [1.54, 1.807) is 11.8 Å². The van der Waals surface area contributed by atoms with Crippen LogP contribution in [0.3, 0.4) is 0 Å². The van der Waals surface area contributed by atoms with Crippen LogP contribution in [0.25, 0.3) is 0 Å². The average Bonchev–Trinajstić information content (AvgIpc) is 2.54. The van der Waals surface area contributed by atoms with Crippen LogP contribution < -0.4 is 5.32 Å². The molecular weight excluding hydrogens is 296 g/mol. The van der Waals surface area contributed by atoms with Crippen molar-refractivity contribution >= 4 is 27.9 Å². The van der Waals surface area contributed by atoms with Crippen molar-refractivity contribution in [1.29, 1.82) is 0 Å². The van der Waals surface area contributed by atoms with E-state index < -0.39 is 5.54 Å². The highest BCUT2D eigenvalue weighted by atomic mass is 79.9. The summed E-state index contributed by atoms with van der Waals surface area (Å²) in [5.74, 6) is -0.218. The summed E-state index contributed by atoms with van der Waals surface area (Å²) in [4.78, 5) is 25.2. The lowest BCUT2D eigenvalue weighted by Gasteiger charge is -2.30. The van der Waals surface area contributed by atoms with Crippen LogP contribution >= 0.6 is 15.9 Å². The Labute approximate surface area is 114 Å². The van der Waals surface area contributed by atoms with Crippen molar-refractivity contribution in [1.82, 2.24) is 10.2 Å². The molecule has 0 bridgehead atoms. The SMILES string of the molecule is CCC1(C)C(=O)NC(=O)N1Cc1cccc(Br)c1. The normalized spacial score (nSPS) is 23.4. The first kappa shape index (κ1) is 13.1. The molecule has 2 rings (SSSR count). The van der Waals surface area contributed by atoms with Crippen molar-refractivity contribution in [3.8, 4) is 0 Å². The van der Waals surface area contributed by atoms with Crippen LogP contribution in [0, 0.1) is 0 Å². The Balaban J connectivity index is 2.27. The maximum Gasteiger partial charge on any atom is 0.325 e. The molecule has 0 radical (unpaired) electrons. The third-order valence-corrected chi connectivity index (χ3v) is 3.96. The standard InChI is InChI=1S/C13H15BrN2O2/c1-3-13(2)11(17)15-12(18)16(13)8-9-5-4-6-10(14)7-9/h4-7H,3,8H2,1-2H3,(H,15,17,18). The fourth-order valence-electron chi connectivity index (χ4n) is 2.06. The molecule has 0 spiro atoms. The lowest BCUT2D eigenvalue weighted by Crippen LogP contribution is -2.45. The van der Waals surface area contributed by atoms with Gasteiger partial charge in [0.15, 0.2) is 0 Å². The highest BCUT2D eigenvalue weighted by molar-refractivity contribution is 9.10. The molecule has 4 nitrogen and oxygen atoms in total. The smallest absolute Gasteiger partial charge is 0.306 e. The summed E-state index contributed by atoms with van der Waals surface area (Å²) in [6.45, 7) is 4.14. The van der Waals surface area contributed by atoms with E-state index in [9.17, 15) is 9.59 Å². The topological polar surface area (TPSA) is 49.4 Å². The molecule has 3 amide bonds. The third-order valence-electron chi connectivity index (χ3n) is 3.47. The van der Waals surface area contributed by atoms with Crippen LogP contribution in [0.1, 0.15) is 25.8 Å². The van der Waals surface area contributed by atoms with Gasteiger partial charge in [-0.2, -0.15) is 0 Å². The van der Waals surface area contributed by atoms with Crippen LogP contribution in [-0.4, -0.2) is 22.4 Å². The predicted octanol–water partition coefficient (Wildman–Crippen LogP) is 2.67. The van der Waals surface area contributed by atoms with Gasteiger partial charge in [0.2, 0.25) is 0 Å². The van der Waals surface area contributed by atoms with Gasteiger partial charge in [0.05, 0.1) is 0 Å². The van der Waals surface area contributed by atoms with Crippen molar-refractivity contribution < 1.29 is 9.59 Å². The Morgan fingerprint density at radius 2 is 2.11 bits per heavy atom. The molecule has 0 aromatic heterocycles. The maximum atomic E-state index is 11.8. The van der Waals surface area contributed by atoms with Crippen molar-refractivity contribution in [2.45, 2.75) is 32.4 Å². The number of halogens is 1. The number of nitrogens with zero attached hydrogens (tertiary/aromatic N) is 1. The number of carbonyl (C=O) groups excluding carboxylic acids is 2. The molecule has 5 heteroatoms. The van der Waals surface area contributed by atoms with Crippen LogP contribution in [0.4, 0.5) is 4.79 Å². The Morgan fingerprint density at radius 3 is 2.72 bits per heavy atom. The van der Waals surface area contributed by atoms with E-state index in [-0.39, 0.29) is 11.9 Å². The molecule has 1 heterocycles. The van der Waals surface area contributed by atoms with Crippen LogP contribution in [0.2, 0.25) is 0 Å². The van der Waals surface area contributed by atoms with Gasteiger partial charge in [0.1, 0.15) is 5.54 Å². The summed E-state index contributed by atoms with van der Waals surface area (Å²) < 4.78 is 0.962. The largest absolute Gasteiger partial charge is 0.325 e. The first-order chi connectivity index (χ1) is 8.47. The van der Waals surface area contributed by atoms with Gasteiger partial charge < -0.3 is 4.90 Å². The Kier molecular flexibility index (Phi) is 3.43. The summed E-state index contributed by atoms with van der Waals surface area (Å²) in [7, 11) is 0. The van der Waals surface area contributed by atoms with Crippen molar-refractivity contribution in [3.05, 3.63) is 34.3 Å². The van der Waals surface area contributed by atoms with Crippen LogP contribution in [0.15, 0.2) is 28.7 Å². The van der Waals surface area contributed by atoms with Crippen molar-refractivity contribution in [2.75, 3.05) is 0 Å².